The van der Waals surface area contributed by atoms with Crippen LogP contribution in [-0.2, 0) is 9.59 Å². The highest BCUT2D eigenvalue weighted by molar-refractivity contribution is 5.94. The molecule has 0 spiro atoms. The molecule has 1 aromatic carbocycles. The number of benzene rings is 1. The van der Waals surface area contributed by atoms with E-state index in [0.717, 1.165) is 5.56 Å². The molecule has 2 N–H and O–H groups in total. The minimum Gasteiger partial charge on any atom is -0.486 e. The Kier molecular flexibility index (Phi) is 5.41. The molecule has 1 heterocycles. The molecule has 2 rings (SSSR count). The van der Waals surface area contributed by atoms with Crippen molar-refractivity contribution in [3.63, 3.8) is 0 Å². The van der Waals surface area contributed by atoms with E-state index in [-0.39, 0.29) is 24.4 Å². The fourth-order valence-corrected chi connectivity index (χ4v) is 1.93. The second-order valence-electron chi connectivity index (χ2n) is 5.18. The van der Waals surface area contributed by atoms with Gasteiger partial charge >= 0.3 is 0 Å². The number of carbonyl (C=O) groups excluding carboxylic acids is 2. The van der Waals surface area contributed by atoms with Crippen LogP contribution in [0, 0.1) is 0 Å². The second kappa shape index (κ2) is 7.49. The first-order valence-electron chi connectivity index (χ1n) is 7.19. The molecule has 1 aliphatic rings. The maximum Gasteiger partial charge on any atom is 0.244 e. The Morgan fingerprint density at radius 2 is 1.95 bits per heavy atom. The summed E-state index contributed by atoms with van der Waals surface area (Å²) in [5.74, 6) is 0.841. The fourth-order valence-electron chi connectivity index (χ4n) is 1.93. The molecule has 6 nitrogen and oxygen atoms in total. The fraction of sp³-hybridized carbons (Fsp3) is 0.375. The standard InChI is InChI=1S/C16H20N2O4/c1-11(2)18-16(20)10-17-15(19)6-4-12-3-5-13-14(9-12)22-8-7-21-13/h3-6,9,11H,7-8,10H2,1-2H3,(H,17,19)(H,18,20)/b6-4+. The Hall–Kier alpha value is -2.50. The molecule has 0 fully saturated rings. The van der Waals surface area contributed by atoms with Crippen LogP contribution in [0.2, 0.25) is 0 Å². The third kappa shape index (κ3) is 4.80. The highest BCUT2D eigenvalue weighted by Gasteiger charge is 2.11. The Bertz CT molecular complexity index is 582. The normalized spacial score (nSPS) is 13.2. The lowest BCUT2D eigenvalue weighted by molar-refractivity contribution is -0.124. The van der Waals surface area contributed by atoms with Crippen molar-refractivity contribution in [3.05, 3.63) is 29.8 Å². The Labute approximate surface area is 129 Å². The third-order valence-corrected chi connectivity index (χ3v) is 2.87. The topological polar surface area (TPSA) is 76.7 Å². The van der Waals surface area contributed by atoms with Gasteiger partial charge in [-0.2, -0.15) is 0 Å². The van der Waals surface area contributed by atoms with Crippen LogP contribution >= 0.6 is 0 Å². The zero-order valence-electron chi connectivity index (χ0n) is 12.7. The molecule has 0 saturated heterocycles. The summed E-state index contributed by atoms with van der Waals surface area (Å²) in [6, 6.07) is 5.51. The molecular formula is C16H20N2O4. The van der Waals surface area contributed by atoms with Crippen LogP contribution in [0.15, 0.2) is 24.3 Å². The summed E-state index contributed by atoms with van der Waals surface area (Å²) >= 11 is 0. The third-order valence-electron chi connectivity index (χ3n) is 2.87. The number of amides is 2. The van der Waals surface area contributed by atoms with Gasteiger partial charge in [-0.1, -0.05) is 6.07 Å². The summed E-state index contributed by atoms with van der Waals surface area (Å²) in [4.78, 5) is 23.1. The highest BCUT2D eigenvalue weighted by Crippen LogP contribution is 2.30. The van der Waals surface area contributed by atoms with E-state index in [9.17, 15) is 9.59 Å². The summed E-state index contributed by atoms with van der Waals surface area (Å²) in [5, 5.41) is 5.22. The van der Waals surface area contributed by atoms with Crippen molar-refractivity contribution in [3.8, 4) is 11.5 Å². The van der Waals surface area contributed by atoms with Crippen molar-refractivity contribution in [2.75, 3.05) is 19.8 Å². The lowest BCUT2D eigenvalue weighted by atomic mass is 10.2. The number of ether oxygens (including phenoxy) is 2. The average molecular weight is 304 g/mol. The highest BCUT2D eigenvalue weighted by atomic mass is 16.6. The van der Waals surface area contributed by atoms with Gasteiger partial charge in [-0.05, 0) is 37.6 Å². The molecule has 0 bridgehead atoms. The van der Waals surface area contributed by atoms with Crippen LogP contribution in [0.5, 0.6) is 11.5 Å². The lowest BCUT2D eigenvalue weighted by Crippen LogP contribution is -2.39. The van der Waals surface area contributed by atoms with Gasteiger partial charge in [0, 0.05) is 12.1 Å². The average Bonchev–Trinajstić information content (AvgIpc) is 2.50. The van der Waals surface area contributed by atoms with Crippen LogP contribution in [-0.4, -0.2) is 37.6 Å². The summed E-state index contributed by atoms with van der Waals surface area (Å²) < 4.78 is 10.9. The van der Waals surface area contributed by atoms with Crippen LogP contribution in [0.25, 0.3) is 6.08 Å². The van der Waals surface area contributed by atoms with E-state index in [1.54, 1.807) is 6.08 Å². The first kappa shape index (κ1) is 15.9. The van der Waals surface area contributed by atoms with E-state index in [1.807, 2.05) is 32.0 Å². The quantitative estimate of drug-likeness (QED) is 0.799. The maximum absolute atomic E-state index is 11.7. The summed E-state index contributed by atoms with van der Waals surface area (Å²) in [7, 11) is 0. The van der Waals surface area contributed by atoms with Gasteiger partial charge in [-0.25, -0.2) is 0 Å². The van der Waals surface area contributed by atoms with E-state index in [1.165, 1.54) is 6.08 Å². The molecule has 0 radical (unpaired) electrons. The first-order valence-corrected chi connectivity index (χ1v) is 7.19. The van der Waals surface area contributed by atoms with Crippen molar-refractivity contribution in [2.24, 2.45) is 0 Å². The molecule has 118 valence electrons. The van der Waals surface area contributed by atoms with Gasteiger partial charge in [0.15, 0.2) is 11.5 Å². The van der Waals surface area contributed by atoms with Crippen molar-refractivity contribution in [1.82, 2.24) is 10.6 Å². The lowest BCUT2D eigenvalue weighted by Gasteiger charge is -2.18. The summed E-state index contributed by atoms with van der Waals surface area (Å²) in [6.07, 6.45) is 3.04. The molecule has 0 unspecified atom stereocenters. The molecule has 0 aromatic heterocycles. The number of hydrogen-bond donors (Lipinski definition) is 2. The van der Waals surface area contributed by atoms with Gasteiger partial charge in [0.05, 0.1) is 6.54 Å². The predicted molar refractivity (Wildman–Crippen MR) is 82.8 cm³/mol. The van der Waals surface area contributed by atoms with E-state index in [4.69, 9.17) is 9.47 Å². The molecule has 1 aliphatic heterocycles. The zero-order chi connectivity index (χ0) is 15.9. The van der Waals surface area contributed by atoms with Gasteiger partial charge in [0.1, 0.15) is 13.2 Å². The maximum atomic E-state index is 11.7. The number of carbonyl (C=O) groups is 2. The van der Waals surface area contributed by atoms with Gasteiger partial charge in [-0.15, -0.1) is 0 Å². The second-order valence-corrected chi connectivity index (χ2v) is 5.18. The van der Waals surface area contributed by atoms with Crippen LogP contribution in [0.1, 0.15) is 19.4 Å². The molecule has 0 atom stereocenters. The minimum atomic E-state index is -0.325. The van der Waals surface area contributed by atoms with Gasteiger partial charge in [0.2, 0.25) is 11.8 Å². The van der Waals surface area contributed by atoms with Gasteiger partial charge in [-0.3, -0.25) is 9.59 Å². The molecule has 1 aromatic rings. The van der Waals surface area contributed by atoms with Crippen molar-refractivity contribution >= 4 is 17.9 Å². The monoisotopic (exact) mass is 304 g/mol. The van der Waals surface area contributed by atoms with E-state index in [2.05, 4.69) is 10.6 Å². The van der Waals surface area contributed by atoms with E-state index in [0.29, 0.717) is 24.7 Å². The summed E-state index contributed by atoms with van der Waals surface area (Å²) in [5.41, 5.74) is 0.825. The van der Waals surface area contributed by atoms with Crippen LogP contribution in [0.4, 0.5) is 0 Å². The number of fused-ring (bicyclic) bond motifs is 1. The molecule has 6 heteroatoms. The Morgan fingerprint density at radius 1 is 1.23 bits per heavy atom. The van der Waals surface area contributed by atoms with Gasteiger partial charge in [0.25, 0.3) is 0 Å². The van der Waals surface area contributed by atoms with Crippen LogP contribution in [0.3, 0.4) is 0 Å². The SMILES string of the molecule is CC(C)NC(=O)CNC(=O)/C=C/c1ccc2c(c1)OCCO2. The Balaban J connectivity index is 1.86. The molecule has 0 aliphatic carbocycles. The molecule has 0 saturated carbocycles. The molecule has 2 amide bonds. The minimum absolute atomic E-state index is 0.0392. The largest absolute Gasteiger partial charge is 0.486 e. The Morgan fingerprint density at radius 3 is 2.68 bits per heavy atom. The van der Waals surface area contributed by atoms with Gasteiger partial charge < -0.3 is 20.1 Å². The molecular weight excluding hydrogens is 284 g/mol. The smallest absolute Gasteiger partial charge is 0.244 e. The number of hydrogen-bond acceptors (Lipinski definition) is 4. The van der Waals surface area contributed by atoms with E-state index >= 15 is 0 Å². The first-order chi connectivity index (χ1) is 10.5. The van der Waals surface area contributed by atoms with Crippen LogP contribution < -0.4 is 20.1 Å². The zero-order valence-corrected chi connectivity index (χ0v) is 12.7. The number of nitrogens with one attached hydrogen (secondary N) is 2. The number of rotatable bonds is 5. The van der Waals surface area contributed by atoms with Crippen molar-refractivity contribution in [2.45, 2.75) is 19.9 Å². The molecule has 22 heavy (non-hydrogen) atoms. The van der Waals surface area contributed by atoms with Crippen molar-refractivity contribution < 1.29 is 19.1 Å². The van der Waals surface area contributed by atoms with Crippen molar-refractivity contribution in [1.29, 1.82) is 0 Å². The predicted octanol–water partition coefficient (Wildman–Crippen LogP) is 1.11. The summed E-state index contributed by atoms with van der Waals surface area (Å²) in [6.45, 7) is 4.75. The van der Waals surface area contributed by atoms with E-state index < -0.39 is 0 Å².